The molecule has 18 heavy (non-hydrogen) atoms. The van der Waals surface area contributed by atoms with E-state index in [0.29, 0.717) is 11.9 Å². The fourth-order valence-corrected chi connectivity index (χ4v) is 2.90. The first-order valence-electron chi connectivity index (χ1n) is 6.72. The molecular formula is C15H20ClNO. The molecule has 1 amide bonds. The average molecular weight is 266 g/mol. The molecule has 1 saturated carbocycles. The van der Waals surface area contributed by atoms with Crippen molar-refractivity contribution in [1.82, 2.24) is 4.90 Å². The highest BCUT2D eigenvalue weighted by molar-refractivity contribution is 6.17. The fraction of sp³-hybridized carbons (Fsp3) is 0.533. The largest absolute Gasteiger partial charge is 0.336 e. The lowest BCUT2D eigenvalue weighted by Crippen LogP contribution is -2.38. The Balaban J connectivity index is 2.16. The number of benzene rings is 1. The van der Waals surface area contributed by atoms with Crippen LogP contribution < -0.4 is 0 Å². The molecule has 98 valence electrons. The molecule has 2 rings (SSSR count). The minimum absolute atomic E-state index is 0.149. The smallest absolute Gasteiger partial charge is 0.254 e. The Kier molecular flexibility index (Phi) is 4.65. The molecule has 0 aromatic heterocycles. The molecule has 3 heteroatoms. The first-order valence-corrected chi connectivity index (χ1v) is 7.25. The third kappa shape index (κ3) is 2.86. The molecule has 0 unspecified atom stereocenters. The Hall–Kier alpha value is -1.02. The van der Waals surface area contributed by atoms with Gasteiger partial charge in [-0.15, -0.1) is 11.6 Å². The zero-order valence-corrected chi connectivity index (χ0v) is 11.6. The van der Waals surface area contributed by atoms with Crippen molar-refractivity contribution in [3.63, 3.8) is 0 Å². The Morgan fingerprint density at radius 3 is 2.72 bits per heavy atom. The van der Waals surface area contributed by atoms with Gasteiger partial charge in [-0.05, 0) is 37.5 Å². The van der Waals surface area contributed by atoms with Gasteiger partial charge in [0.2, 0.25) is 0 Å². The van der Waals surface area contributed by atoms with Crippen LogP contribution in [0.4, 0.5) is 0 Å². The van der Waals surface area contributed by atoms with E-state index >= 15 is 0 Å². The monoisotopic (exact) mass is 265 g/mol. The van der Waals surface area contributed by atoms with E-state index in [4.69, 9.17) is 11.6 Å². The van der Waals surface area contributed by atoms with Gasteiger partial charge in [-0.3, -0.25) is 4.79 Å². The van der Waals surface area contributed by atoms with Crippen LogP contribution in [0.5, 0.6) is 0 Å². The van der Waals surface area contributed by atoms with Crippen molar-refractivity contribution in [2.75, 3.05) is 6.54 Å². The Bertz CT molecular complexity index is 413. The summed E-state index contributed by atoms with van der Waals surface area (Å²) in [7, 11) is 0. The van der Waals surface area contributed by atoms with Gasteiger partial charge >= 0.3 is 0 Å². The molecule has 2 nitrogen and oxygen atoms in total. The number of hydrogen-bond donors (Lipinski definition) is 0. The number of hydrogen-bond acceptors (Lipinski definition) is 1. The molecule has 0 bridgehead atoms. The van der Waals surface area contributed by atoms with Gasteiger partial charge in [-0.2, -0.15) is 0 Å². The third-order valence-electron chi connectivity index (χ3n) is 3.70. The maximum atomic E-state index is 12.5. The fourth-order valence-electron chi connectivity index (χ4n) is 2.74. The number of amides is 1. The maximum Gasteiger partial charge on any atom is 0.254 e. The zero-order chi connectivity index (χ0) is 13.0. The van der Waals surface area contributed by atoms with Gasteiger partial charge in [0.15, 0.2) is 0 Å². The first kappa shape index (κ1) is 13.4. The van der Waals surface area contributed by atoms with Gasteiger partial charge in [-0.1, -0.05) is 25.0 Å². The molecule has 0 N–H and O–H groups in total. The molecule has 1 aromatic rings. The summed E-state index contributed by atoms with van der Waals surface area (Å²) < 4.78 is 0. The average Bonchev–Trinajstić information content (AvgIpc) is 2.93. The molecule has 0 saturated heterocycles. The predicted octanol–water partition coefficient (Wildman–Crippen LogP) is 3.83. The van der Waals surface area contributed by atoms with Crippen LogP contribution in [0.2, 0.25) is 0 Å². The van der Waals surface area contributed by atoms with Crippen LogP contribution >= 0.6 is 11.6 Å². The number of halogens is 1. The maximum absolute atomic E-state index is 12.5. The van der Waals surface area contributed by atoms with Crippen molar-refractivity contribution in [2.45, 2.75) is 44.5 Å². The van der Waals surface area contributed by atoms with Crippen molar-refractivity contribution in [1.29, 1.82) is 0 Å². The van der Waals surface area contributed by atoms with Crippen LogP contribution in [-0.4, -0.2) is 23.4 Å². The van der Waals surface area contributed by atoms with Gasteiger partial charge in [0.1, 0.15) is 0 Å². The van der Waals surface area contributed by atoms with E-state index in [0.717, 1.165) is 30.5 Å². The summed E-state index contributed by atoms with van der Waals surface area (Å²) in [5.74, 6) is 0.604. The normalized spacial score (nSPS) is 15.9. The van der Waals surface area contributed by atoms with Gasteiger partial charge in [-0.25, -0.2) is 0 Å². The minimum atomic E-state index is 0.149. The van der Waals surface area contributed by atoms with Crippen molar-refractivity contribution in [2.24, 2.45) is 0 Å². The summed E-state index contributed by atoms with van der Waals surface area (Å²) >= 11 is 5.82. The highest BCUT2D eigenvalue weighted by Gasteiger charge is 2.26. The Labute approximate surface area is 114 Å². The number of alkyl halides is 1. The van der Waals surface area contributed by atoms with E-state index in [1.54, 1.807) is 0 Å². The van der Waals surface area contributed by atoms with Gasteiger partial charge in [0.25, 0.3) is 5.91 Å². The summed E-state index contributed by atoms with van der Waals surface area (Å²) in [6.07, 6.45) is 4.79. The number of rotatable bonds is 4. The number of nitrogens with zero attached hydrogens (tertiary/aromatic N) is 1. The van der Waals surface area contributed by atoms with Gasteiger partial charge in [0, 0.05) is 24.0 Å². The van der Waals surface area contributed by atoms with Crippen LogP contribution in [0.3, 0.4) is 0 Å². The highest BCUT2D eigenvalue weighted by Crippen LogP contribution is 2.25. The lowest BCUT2D eigenvalue weighted by molar-refractivity contribution is 0.0693. The van der Waals surface area contributed by atoms with Crippen molar-refractivity contribution >= 4 is 17.5 Å². The number of carbonyl (C=O) groups excluding carboxylic acids is 1. The third-order valence-corrected chi connectivity index (χ3v) is 4.00. The SMILES string of the molecule is CCN(C(=O)c1cccc(CCl)c1)C1CCCC1. The first-order chi connectivity index (χ1) is 8.76. The molecule has 1 fully saturated rings. The molecule has 1 aromatic carbocycles. The predicted molar refractivity (Wildman–Crippen MR) is 75.0 cm³/mol. The molecule has 0 spiro atoms. The summed E-state index contributed by atoms with van der Waals surface area (Å²) in [5, 5.41) is 0. The lowest BCUT2D eigenvalue weighted by atomic mass is 10.1. The van der Waals surface area contributed by atoms with Gasteiger partial charge in [0.05, 0.1) is 0 Å². The molecule has 1 aliphatic rings. The lowest BCUT2D eigenvalue weighted by Gasteiger charge is -2.27. The van der Waals surface area contributed by atoms with Crippen molar-refractivity contribution in [3.8, 4) is 0 Å². The van der Waals surface area contributed by atoms with Crippen LogP contribution in [-0.2, 0) is 5.88 Å². The molecule has 0 atom stereocenters. The molecule has 1 aliphatic carbocycles. The molecule has 0 radical (unpaired) electrons. The second-order valence-electron chi connectivity index (χ2n) is 4.86. The second-order valence-corrected chi connectivity index (χ2v) is 5.13. The molecule has 0 aliphatic heterocycles. The van der Waals surface area contributed by atoms with Crippen LogP contribution in [0.15, 0.2) is 24.3 Å². The number of carbonyl (C=O) groups is 1. The Morgan fingerprint density at radius 1 is 1.39 bits per heavy atom. The Morgan fingerprint density at radius 2 is 2.11 bits per heavy atom. The molecular weight excluding hydrogens is 246 g/mol. The van der Waals surface area contributed by atoms with Crippen molar-refractivity contribution < 1.29 is 4.79 Å². The van der Waals surface area contributed by atoms with E-state index < -0.39 is 0 Å². The van der Waals surface area contributed by atoms with E-state index in [9.17, 15) is 4.79 Å². The van der Waals surface area contributed by atoms with E-state index in [2.05, 4.69) is 6.92 Å². The summed E-state index contributed by atoms with van der Waals surface area (Å²) in [5.41, 5.74) is 1.77. The van der Waals surface area contributed by atoms with E-state index in [1.165, 1.54) is 12.8 Å². The van der Waals surface area contributed by atoms with Gasteiger partial charge < -0.3 is 4.90 Å². The second kappa shape index (κ2) is 6.24. The minimum Gasteiger partial charge on any atom is -0.336 e. The topological polar surface area (TPSA) is 20.3 Å². The van der Waals surface area contributed by atoms with Crippen LogP contribution in [0, 0.1) is 0 Å². The summed E-state index contributed by atoms with van der Waals surface area (Å²) in [6.45, 7) is 2.84. The van der Waals surface area contributed by atoms with Crippen molar-refractivity contribution in [3.05, 3.63) is 35.4 Å². The van der Waals surface area contributed by atoms with Crippen LogP contribution in [0.1, 0.15) is 48.5 Å². The summed E-state index contributed by atoms with van der Waals surface area (Å²) in [6, 6.07) is 8.09. The van der Waals surface area contributed by atoms with E-state index in [1.807, 2.05) is 29.2 Å². The van der Waals surface area contributed by atoms with Crippen LogP contribution in [0.25, 0.3) is 0 Å². The summed E-state index contributed by atoms with van der Waals surface area (Å²) in [4.78, 5) is 14.5. The zero-order valence-electron chi connectivity index (χ0n) is 10.9. The highest BCUT2D eigenvalue weighted by atomic mass is 35.5. The standard InChI is InChI=1S/C15H20ClNO/c1-2-17(14-8-3-4-9-14)15(18)13-7-5-6-12(10-13)11-16/h5-7,10,14H,2-4,8-9,11H2,1H3. The molecule has 0 heterocycles. The quantitative estimate of drug-likeness (QED) is 0.758. The van der Waals surface area contributed by atoms with E-state index in [-0.39, 0.29) is 5.91 Å².